The molecule has 2 radical (unpaired) electrons. The van der Waals surface area contributed by atoms with Crippen LogP contribution in [0.3, 0.4) is 0 Å². The Bertz CT molecular complexity index is 8.00. The molecule has 4 heavy (non-hydrogen) atoms. The minimum atomic E-state index is 0. The minimum absolute atomic E-state index is 0. The summed E-state index contributed by atoms with van der Waals surface area (Å²) in [6.45, 7) is 0. The van der Waals surface area contributed by atoms with Crippen LogP contribution in [0.25, 0.3) is 0 Å². The third-order valence-corrected chi connectivity index (χ3v) is 0. The van der Waals surface area contributed by atoms with Crippen LogP contribution in [-0.4, -0.2) is 0 Å². The molecule has 0 saturated carbocycles. The van der Waals surface area contributed by atoms with E-state index in [-0.39, 0.29) is 73.8 Å². The topological polar surface area (TPSA) is 0 Å². The van der Waals surface area contributed by atoms with Gasteiger partial charge in [-0.1, -0.05) is 0 Å². The third kappa shape index (κ3) is 8.85. The normalized spacial score (nSPS) is 0. The van der Waals surface area contributed by atoms with Crippen LogP contribution in [0.4, 0.5) is 0 Å². The van der Waals surface area contributed by atoms with Crippen molar-refractivity contribution < 1.29 is 73.8 Å². The van der Waals surface area contributed by atoms with Gasteiger partial charge < -0.3 is 0 Å². The van der Waals surface area contributed by atoms with Crippen LogP contribution < -0.4 is 0 Å². The molecule has 0 saturated heterocycles. The molecular weight excluding hydrogens is 258 g/mol. The summed E-state index contributed by atoms with van der Waals surface area (Å²) in [5, 5.41) is 0. The van der Waals surface area contributed by atoms with Crippen LogP contribution in [0.2, 0.25) is 0 Å². The molecule has 0 spiro atoms. The predicted octanol–water partition coefficient (Wildman–Crippen LogP) is -0.0100. The Morgan fingerprint density at radius 1 is 1.00 bits per heavy atom. The van der Waals surface area contributed by atoms with E-state index in [1.165, 1.54) is 0 Å². The fourth-order valence-electron chi connectivity index (χ4n) is 0. The molecule has 0 bridgehead atoms. The molecule has 0 aliphatic carbocycles. The molecule has 0 N–H and O–H groups in total. The van der Waals surface area contributed by atoms with Gasteiger partial charge in [-0.25, -0.2) is 0 Å². The van der Waals surface area contributed by atoms with Crippen molar-refractivity contribution in [1.29, 1.82) is 0 Å². The molecule has 0 aliphatic rings. The zero-order chi connectivity index (χ0) is 0. The van der Waals surface area contributed by atoms with Gasteiger partial charge in [0.25, 0.3) is 0 Å². The van der Waals surface area contributed by atoms with E-state index in [1.807, 2.05) is 0 Å². The molecule has 0 unspecified atom stereocenters. The number of hydrogen-bond donors (Lipinski definition) is 0. The summed E-state index contributed by atoms with van der Waals surface area (Å²) in [5.74, 6) is 0. The number of hydrogen-bond acceptors (Lipinski definition) is 0. The van der Waals surface area contributed by atoms with Crippen molar-refractivity contribution in [1.82, 2.24) is 0 Å². The van der Waals surface area contributed by atoms with E-state index in [0.29, 0.717) is 0 Å². The van der Waals surface area contributed by atoms with Crippen molar-refractivity contribution >= 4 is 0 Å². The second-order valence-corrected chi connectivity index (χ2v) is 0. The van der Waals surface area contributed by atoms with E-state index in [0.717, 1.165) is 0 Å². The van der Waals surface area contributed by atoms with Crippen LogP contribution in [0.15, 0.2) is 0 Å². The standard InChI is InChI=1S/Fe.Mn.Mo.V. The largest absolute Gasteiger partial charge is 0 e. The first-order chi connectivity index (χ1) is 0. The Kier molecular flexibility index (Phi) is 154. The molecule has 0 aliphatic heterocycles. The van der Waals surface area contributed by atoms with E-state index in [1.54, 1.807) is 0 Å². The van der Waals surface area contributed by atoms with Gasteiger partial charge in [0.1, 0.15) is 0 Å². The van der Waals surface area contributed by atoms with Crippen molar-refractivity contribution in [3.8, 4) is 0 Å². The maximum absolute atomic E-state index is 0. The molecule has 0 amide bonds. The van der Waals surface area contributed by atoms with E-state index >= 15 is 0 Å². The fraction of sp³-hybridized carbons (Fsp3) is 0. The van der Waals surface area contributed by atoms with Crippen molar-refractivity contribution in [3.63, 3.8) is 0 Å². The summed E-state index contributed by atoms with van der Waals surface area (Å²) in [6.07, 6.45) is 0. The van der Waals surface area contributed by atoms with Crippen molar-refractivity contribution in [2.45, 2.75) is 0 Å². The van der Waals surface area contributed by atoms with Gasteiger partial charge >= 0.3 is 0 Å². The predicted molar refractivity (Wildman–Crippen MR) is 0 cm³/mol. The monoisotopic (exact) mass is 260 g/mol. The van der Waals surface area contributed by atoms with E-state index in [4.69, 9.17) is 0 Å². The smallest absolute Gasteiger partial charge is 0 e. The van der Waals surface area contributed by atoms with Crippen LogP contribution >= 0.6 is 0 Å². The van der Waals surface area contributed by atoms with Gasteiger partial charge in [-0.2, -0.15) is 0 Å². The maximum atomic E-state index is 0. The molecule has 0 atom stereocenters. The van der Waals surface area contributed by atoms with Gasteiger partial charge in [0.2, 0.25) is 0 Å². The average Bonchev–Trinajstić information content (AvgIpc) is 0. The van der Waals surface area contributed by atoms with Gasteiger partial charge in [-0.05, 0) is 0 Å². The molecule has 0 aromatic heterocycles. The summed E-state index contributed by atoms with van der Waals surface area (Å²) in [4.78, 5) is 0. The zero-order valence-electron chi connectivity index (χ0n) is 1.59. The van der Waals surface area contributed by atoms with E-state index in [2.05, 4.69) is 0 Å². The van der Waals surface area contributed by atoms with Crippen LogP contribution in [0.1, 0.15) is 0 Å². The Labute approximate surface area is 73.0 Å². The SMILES string of the molecule is [Fe].[Mn].[Mo].[V]. The first-order valence-electron chi connectivity index (χ1n) is 0. The molecule has 0 heterocycles. The average molecular weight is 258 g/mol. The van der Waals surface area contributed by atoms with Crippen molar-refractivity contribution in [2.24, 2.45) is 0 Å². The quantitative estimate of drug-likeness (QED) is 0.536. The van der Waals surface area contributed by atoms with Gasteiger partial charge in [0, 0.05) is 73.8 Å². The molecule has 4 heteroatoms. The van der Waals surface area contributed by atoms with Gasteiger partial charge in [0.05, 0.1) is 0 Å². The van der Waals surface area contributed by atoms with E-state index < -0.39 is 0 Å². The van der Waals surface area contributed by atoms with Crippen molar-refractivity contribution in [2.75, 3.05) is 0 Å². The summed E-state index contributed by atoms with van der Waals surface area (Å²) in [5.41, 5.74) is 0. The van der Waals surface area contributed by atoms with Gasteiger partial charge in [-0.15, -0.1) is 0 Å². The molecular formula is FeMnMoV. The van der Waals surface area contributed by atoms with Gasteiger partial charge in [0.15, 0.2) is 0 Å². The minimum Gasteiger partial charge on any atom is 0 e. The van der Waals surface area contributed by atoms with Crippen molar-refractivity contribution in [3.05, 3.63) is 0 Å². The Morgan fingerprint density at radius 3 is 1.00 bits per heavy atom. The Morgan fingerprint density at radius 2 is 1.00 bits per heavy atom. The van der Waals surface area contributed by atoms with Crippen LogP contribution in [0, 0.1) is 0 Å². The summed E-state index contributed by atoms with van der Waals surface area (Å²) in [6, 6.07) is 0. The first-order valence-corrected chi connectivity index (χ1v) is 0. The third-order valence-electron chi connectivity index (χ3n) is 0. The second kappa shape index (κ2) is 18.5. The van der Waals surface area contributed by atoms with E-state index in [9.17, 15) is 0 Å². The molecule has 0 rings (SSSR count). The Balaban J connectivity index is 0. The first kappa shape index (κ1) is 33.3. The fourth-order valence-corrected chi connectivity index (χ4v) is 0. The van der Waals surface area contributed by atoms with Crippen LogP contribution in [-0.2, 0) is 73.8 Å². The summed E-state index contributed by atoms with van der Waals surface area (Å²) >= 11 is 0. The maximum Gasteiger partial charge on any atom is 0 e. The molecule has 0 nitrogen and oxygen atoms in total. The van der Waals surface area contributed by atoms with Crippen LogP contribution in [0.5, 0.6) is 0 Å². The summed E-state index contributed by atoms with van der Waals surface area (Å²) in [7, 11) is 0. The number of rotatable bonds is 0. The Hall–Kier alpha value is 2.31. The van der Waals surface area contributed by atoms with Gasteiger partial charge in [-0.3, -0.25) is 0 Å². The molecule has 26 valence electrons. The summed E-state index contributed by atoms with van der Waals surface area (Å²) < 4.78 is 0. The molecule has 0 aromatic rings. The second-order valence-electron chi connectivity index (χ2n) is 0. The zero-order valence-corrected chi connectivity index (χ0v) is 7.28. The molecule has 0 aromatic carbocycles. The molecule has 0 fully saturated rings.